The Morgan fingerprint density at radius 1 is 1.65 bits per heavy atom. The fourth-order valence-corrected chi connectivity index (χ4v) is 1.88. The van der Waals surface area contributed by atoms with Crippen molar-refractivity contribution in [2.45, 2.75) is 20.3 Å². The van der Waals surface area contributed by atoms with Gasteiger partial charge in [-0.2, -0.15) is 0 Å². The lowest BCUT2D eigenvalue weighted by atomic mass is 10.0. The molecule has 2 N–H and O–H groups in total. The number of pyridine rings is 1. The third kappa shape index (κ3) is 2.77. The van der Waals surface area contributed by atoms with E-state index in [4.69, 9.17) is 22.1 Å². The molecule has 1 rings (SSSR count). The number of nitrogens with two attached hydrogens (primary N) is 1. The van der Waals surface area contributed by atoms with Gasteiger partial charge in [-0.05, 0) is 31.4 Å². The van der Waals surface area contributed by atoms with E-state index in [1.54, 1.807) is 19.9 Å². The molecule has 0 saturated carbocycles. The van der Waals surface area contributed by atoms with Gasteiger partial charge in [-0.3, -0.25) is 0 Å². The molecule has 5 heteroatoms. The highest BCUT2D eigenvalue weighted by atomic mass is 35.5. The summed E-state index contributed by atoms with van der Waals surface area (Å²) in [6.07, 6.45) is 2.23. The highest BCUT2D eigenvalue weighted by Gasteiger charge is 2.20. The van der Waals surface area contributed by atoms with Gasteiger partial charge in [0, 0.05) is 0 Å². The average Bonchev–Trinajstić information content (AvgIpc) is 2.24. The van der Waals surface area contributed by atoms with E-state index in [1.807, 2.05) is 0 Å². The molecular formula is C12H15ClN2O2. The number of esters is 1. The van der Waals surface area contributed by atoms with Crippen molar-refractivity contribution in [2.24, 2.45) is 0 Å². The molecule has 0 unspecified atom stereocenters. The summed E-state index contributed by atoms with van der Waals surface area (Å²) in [5.41, 5.74) is 7.43. The highest BCUT2D eigenvalue weighted by molar-refractivity contribution is 6.30. The Morgan fingerprint density at radius 3 is 2.82 bits per heavy atom. The summed E-state index contributed by atoms with van der Waals surface area (Å²) >= 11 is 5.98. The van der Waals surface area contributed by atoms with Crippen molar-refractivity contribution >= 4 is 23.4 Å². The summed E-state index contributed by atoms with van der Waals surface area (Å²) in [7, 11) is 0. The average molecular weight is 255 g/mol. The van der Waals surface area contributed by atoms with Crippen LogP contribution in [0.4, 0.5) is 5.82 Å². The quantitative estimate of drug-likeness (QED) is 0.509. The molecule has 0 fully saturated rings. The number of hydrogen-bond acceptors (Lipinski definition) is 4. The molecule has 0 aliphatic carbocycles. The molecule has 0 aliphatic rings. The van der Waals surface area contributed by atoms with Gasteiger partial charge in [0.1, 0.15) is 16.5 Å². The molecule has 0 aliphatic heterocycles. The minimum absolute atomic E-state index is 0.0961. The van der Waals surface area contributed by atoms with Crippen LogP contribution in [0.15, 0.2) is 12.7 Å². The van der Waals surface area contributed by atoms with Crippen LogP contribution in [0.3, 0.4) is 0 Å². The first-order chi connectivity index (χ1) is 8.02. The molecule has 1 aromatic rings. The van der Waals surface area contributed by atoms with Gasteiger partial charge in [-0.1, -0.05) is 17.7 Å². The highest BCUT2D eigenvalue weighted by Crippen LogP contribution is 2.26. The topological polar surface area (TPSA) is 65.2 Å². The molecule has 17 heavy (non-hydrogen) atoms. The van der Waals surface area contributed by atoms with E-state index >= 15 is 0 Å². The molecule has 4 nitrogen and oxygen atoms in total. The van der Waals surface area contributed by atoms with Crippen molar-refractivity contribution in [3.05, 3.63) is 34.5 Å². The lowest BCUT2D eigenvalue weighted by Crippen LogP contribution is -2.13. The molecule has 92 valence electrons. The third-order valence-corrected chi connectivity index (χ3v) is 2.69. The third-order valence-electron chi connectivity index (χ3n) is 2.38. The molecule has 0 saturated heterocycles. The van der Waals surface area contributed by atoms with E-state index in [-0.39, 0.29) is 18.0 Å². The Labute approximate surface area is 105 Å². The van der Waals surface area contributed by atoms with Crippen LogP contribution in [0.1, 0.15) is 28.4 Å². The Hall–Kier alpha value is -1.55. The Bertz CT molecular complexity index is 458. The van der Waals surface area contributed by atoms with Gasteiger partial charge in [-0.15, -0.1) is 6.58 Å². The maximum absolute atomic E-state index is 11.7. The fourth-order valence-electron chi connectivity index (χ4n) is 1.57. The number of aromatic nitrogens is 1. The fraction of sp³-hybridized carbons (Fsp3) is 0.333. The van der Waals surface area contributed by atoms with Gasteiger partial charge in [-0.25, -0.2) is 9.78 Å². The second-order valence-corrected chi connectivity index (χ2v) is 3.84. The monoisotopic (exact) mass is 254 g/mol. The minimum atomic E-state index is -0.475. The van der Waals surface area contributed by atoms with E-state index in [9.17, 15) is 4.79 Å². The number of nitrogens with zero attached hydrogens (tertiary/aromatic N) is 1. The van der Waals surface area contributed by atoms with Crippen LogP contribution < -0.4 is 5.73 Å². The molecule has 0 radical (unpaired) electrons. The van der Waals surface area contributed by atoms with Gasteiger partial charge in [0.15, 0.2) is 0 Å². The first kappa shape index (κ1) is 13.5. The maximum atomic E-state index is 11.7. The lowest BCUT2D eigenvalue weighted by Gasteiger charge is -2.12. The standard InChI is InChI=1S/C12H15ClN2O2/c1-4-6-8-7(3)9(12(16)17-5-2)11(14)15-10(8)13/h4H,1,5-6H2,2-3H3,(H2,14,15). The van der Waals surface area contributed by atoms with Crippen molar-refractivity contribution in [2.75, 3.05) is 12.3 Å². The number of carbonyl (C=O) groups is 1. The first-order valence-corrected chi connectivity index (χ1v) is 5.63. The summed E-state index contributed by atoms with van der Waals surface area (Å²) in [5, 5.41) is 0.299. The molecule has 0 atom stereocenters. The molecule has 0 aromatic carbocycles. The lowest BCUT2D eigenvalue weighted by molar-refractivity contribution is 0.0526. The number of rotatable bonds is 4. The van der Waals surface area contributed by atoms with Gasteiger partial charge in [0.05, 0.1) is 6.61 Å². The predicted octanol–water partition coefficient (Wildman–Crippen LogP) is 2.53. The van der Waals surface area contributed by atoms with E-state index in [1.165, 1.54) is 0 Å². The molecule has 0 amide bonds. The summed E-state index contributed by atoms with van der Waals surface area (Å²) in [5.74, 6) is -0.379. The zero-order valence-electron chi connectivity index (χ0n) is 9.92. The minimum Gasteiger partial charge on any atom is -0.462 e. The maximum Gasteiger partial charge on any atom is 0.342 e. The van der Waals surface area contributed by atoms with Crippen LogP contribution in [0, 0.1) is 6.92 Å². The van der Waals surface area contributed by atoms with Gasteiger partial charge in [0.2, 0.25) is 0 Å². The number of carbonyl (C=O) groups excluding carboxylic acids is 1. The van der Waals surface area contributed by atoms with Crippen molar-refractivity contribution in [3.63, 3.8) is 0 Å². The van der Waals surface area contributed by atoms with E-state index in [0.29, 0.717) is 17.1 Å². The van der Waals surface area contributed by atoms with Crippen molar-refractivity contribution in [1.82, 2.24) is 4.98 Å². The Balaban J connectivity index is 3.34. The van der Waals surface area contributed by atoms with E-state index < -0.39 is 5.97 Å². The summed E-state index contributed by atoms with van der Waals surface area (Å²) in [4.78, 5) is 15.7. The van der Waals surface area contributed by atoms with Gasteiger partial charge < -0.3 is 10.5 Å². The number of anilines is 1. The van der Waals surface area contributed by atoms with Gasteiger partial charge in [0.25, 0.3) is 0 Å². The van der Waals surface area contributed by atoms with Crippen LogP contribution in [0.25, 0.3) is 0 Å². The predicted molar refractivity (Wildman–Crippen MR) is 68.3 cm³/mol. The van der Waals surface area contributed by atoms with Crippen LogP contribution in [0.5, 0.6) is 0 Å². The molecule has 1 aromatic heterocycles. The summed E-state index contributed by atoms with van der Waals surface area (Å²) < 4.78 is 4.93. The molecule has 0 bridgehead atoms. The van der Waals surface area contributed by atoms with Crippen molar-refractivity contribution in [1.29, 1.82) is 0 Å². The zero-order valence-corrected chi connectivity index (χ0v) is 10.7. The van der Waals surface area contributed by atoms with E-state index in [0.717, 1.165) is 5.56 Å². The zero-order chi connectivity index (χ0) is 13.0. The molecule has 0 spiro atoms. The van der Waals surface area contributed by atoms with E-state index in [2.05, 4.69) is 11.6 Å². The second kappa shape index (κ2) is 5.68. The summed E-state index contributed by atoms with van der Waals surface area (Å²) in [6.45, 7) is 7.43. The molecular weight excluding hydrogens is 240 g/mol. The SMILES string of the molecule is C=CCc1c(Cl)nc(N)c(C(=O)OCC)c1C. The molecule has 1 heterocycles. The number of allylic oxidation sites excluding steroid dienone is 1. The normalized spacial score (nSPS) is 10.1. The smallest absolute Gasteiger partial charge is 0.342 e. The Morgan fingerprint density at radius 2 is 2.29 bits per heavy atom. The van der Waals surface area contributed by atoms with Crippen molar-refractivity contribution in [3.8, 4) is 0 Å². The van der Waals surface area contributed by atoms with Crippen LogP contribution in [-0.4, -0.2) is 17.6 Å². The first-order valence-electron chi connectivity index (χ1n) is 5.25. The number of hydrogen-bond donors (Lipinski definition) is 1. The number of nitrogen functional groups attached to an aromatic ring is 1. The largest absolute Gasteiger partial charge is 0.462 e. The second-order valence-electron chi connectivity index (χ2n) is 3.48. The number of ether oxygens (including phenoxy) is 1. The van der Waals surface area contributed by atoms with Crippen LogP contribution in [0.2, 0.25) is 5.15 Å². The van der Waals surface area contributed by atoms with Gasteiger partial charge >= 0.3 is 5.97 Å². The number of halogens is 1. The van der Waals surface area contributed by atoms with Crippen LogP contribution >= 0.6 is 11.6 Å². The van der Waals surface area contributed by atoms with Crippen molar-refractivity contribution < 1.29 is 9.53 Å². The van der Waals surface area contributed by atoms with Crippen LogP contribution in [-0.2, 0) is 11.2 Å². The Kier molecular flexibility index (Phi) is 4.52. The summed E-state index contributed by atoms with van der Waals surface area (Å²) in [6, 6.07) is 0.